The number of nitrogens with zero attached hydrogens (tertiary/aromatic N) is 6. The van der Waals surface area contributed by atoms with Gasteiger partial charge in [-0.25, -0.2) is 4.98 Å². The Labute approximate surface area is 145 Å². The van der Waals surface area contributed by atoms with E-state index in [0.29, 0.717) is 12.5 Å². The molecule has 0 aromatic carbocycles. The first-order chi connectivity index (χ1) is 12.3. The van der Waals surface area contributed by atoms with E-state index < -0.39 is 0 Å². The van der Waals surface area contributed by atoms with E-state index in [1.54, 1.807) is 18.6 Å². The van der Waals surface area contributed by atoms with Crippen molar-refractivity contribution in [3.8, 4) is 5.88 Å². The molecule has 4 rings (SSSR count). The van der Waals surface area contributed by atoms with Gasteiger partial charge < -0.3 is 4.74 Å². The van der Waals surface area contributed by atoms with Crippen LogP contribution in [0.15, 0.2) is 36.9 Å². The molecule has 0 saturated heterocycles. The molecule has 0 fully saturated rings. The SMILES string of the molecule is Cc1cc(CN2Cc3ccnn3CC[C@@H]2COc2cnccn2)n[nH]1. The highest BCUT2D eigenvalue weighted by Crippen LogP contribution is 2.20. The Morgan fingerprint density at radius 1 is 1.32 bits per heavy atom. The Bertz CT molecular complexity index is 813. The van der Waals surface area contributed by atoms with Crippen LogP contribution in [0.5, 0.6) is 5.88 Å². The monoisotopic (exact) mass is 339 g/mol. The van der Waals surface area contributed by atoms with Gasteiger partial charge in [0.05, 0.1) is 17.6 Å². The van der Waals surface area contributed by atoms with E-state index in [0.717, 1.165) is 37.4 Å². The van der Waals surface area contributed by atoms with Gasteiger partial charge in [0.1, 0.15) is 6.61 Å². The van der Waals surface area contributed by atoms with Crippen molar-refractivity contribution < 1.29 is 4.74 Å². The lowest BCUT2D eigenvalue weighted by Crippen LogP contribution is -2.38. The lowest BCUT2D eigenvalue weighted by Gasteiger charge is -2.28. The number of hydrogen-bond donors (Lipinski definition) is 1. The fraction of sp³-hybridized carbons (Fsp3) is 0.412. The van der Waals surface area contributed by atoms with Crippen molar-refractivity contribution in [3.63, 3.8) is 0 Å². The number of nitrogens with one attached hydrogen (secondary N) is 1. The summed E-state index contributed by atoms with van der Waals surface area (Å²) in [6.45, 7) is 5.05. The number of aryl methyl sites for hydroxylation is 2. The zero-order valence-electron chi connectivity index (χ0n) is 14.2. The maximum Gasteiger partial charge on any atom is 0.232 e. The highest BCUT2D eigenvalue weighted by Gasteiger charge is 2.25. The Balaban J connectivity index is 1.50. The van der Waals surface area contributed by atoms with E-state index in [4.69, 9.17) is 4.74 Å². The van der Waals surface area contributed by atoms with Gasteiger partial charge in [0, 0.05) is 50.0 Å². The summed E-state index contributed by atoms with van der Waals surface area (Å²) >= 11 is 0. The summed E-state index contributed by atoms with van der Waals surface area (Å²) in [7, 11) is 0. The number of H-pyrrole nitrogens is 1. The summed E-state index contributed by atoms with van der Waals surface area (Å²) in [6.07, 6.45) is 7.75. The summed E-state index contributed by atoms with van der Waals surface area (Å²) in [5.74, 6) is 0.556. The van der Waals surface area contributed by atoms with Gasteiger partial charge in [-0.1, -0.05) is 0 Å². The molecule has 1 atom stereocenters. The Hall–Kier alpha value is -2.74. The van der Waals surface area contributed by atoms with Crippen LogP contribution in [0, 0.1) is 6.92 Å². The van der Waals surface area contributed by atoms with Crippen molar-refractivity contribution in [1.29, 1.82) is 0 Å². The molecule has 1 aliphatic rings. The summed E-state index contributed by atoms with van der Waals surface area (Å²) in [5, 5.41) is 11.8. The summed E-state index contributed by atoms with van der Waals surface area (Å²) < 4.78 is 7.95. The molecular weight excluding hydrogens is 318 g/mol. The van der Waals surface area contributed by atoms with Gasteiger partial charge in [-0.15, -0.1) is 0 Å². The minimum atomic E-state index is 0.251. The van der Waals surface area contributed by atoms with Crippen LogP contribution in [-0.2, 0) is 19.6 Å². The molecule has 4 heterocycles. The topological polar surface area (TPSA) is 84.8 Å². The molecule has 1 aliphatic heterocycles. The molecule has 8 heteroatoms. The maximum absolute atomic E-state index is 5.88. The van der Waals surface area contributed by atoms with Crippen LogP contribution in [0.25, 0.3) is 0 Å². The Kier molecular flexibility index (Phi) is 4.43. The zero-order valence-corrected chi connectivity index (χ0v) is 14.2. The van der Waals surface area contributed by atoms with Crippen LogP contribution in [0.3, 0.4) is 0 Å². The molecule has 130 valence electrons. The molecule has 0 radical (unpaired) electrons. The standard InChI is InChI=1S/C17H21N7O/c1-13-8-14(22-21-13)10-23-11-15-2-4-20-24(15)7-3-16(23)12-25-17-9-18-5-6-19-17/h2,4-6,8-9,16H,3,7,10-12H2,1H3,(H,21,22)/t16-/m1/s1. The van der Waals surface area contributed by atoms with E-state index in [1.807, 2.05) is 13.1 Å². The maximum atomic E-state index is 5.88. The van der Waals surface area contributed by atoms with Gasteiger partial charge in [0.2, 0.25) is 5.88 Å². The third kappa shape index (κ3) is 3.69. The molecule has 8 nitrogen and oxygen atoms in total. The predicted octanol–water partition coefficient (Wildman–Crippen LogP) is 1.56. The largest absolute Gasteiger partial charge is 0.475 e. The highest BCUT2D eigenvalue weighted by atomic mass is 16.5. The Morgan fingerprint density at radius 3 is 3.08 bits per heavy atom. The predicted molar refractivity (Wildman–Crippen MR) is 90.7 cm³/mol. The minimum Gasteiger partial charge on any atom is -0.475 e. The molecule has 0 bridgehead atoms. The van der Waals surface area contributed by atoms with Crippen LogP contribution >= 0.6 is 0 Å². The van der Waals surface area contributed by atoms with Crippen LogP contribution in [0.1, 0.15) is 23.5 Å². The molecule has 0 spiro atoms. The minimum absolute atomic E-state index is 0.251. The van der Waals surface area contributed by atoms with Gasteiger partial charge in [0.15, 0.2) is 0 Å². The first kappa shape index (κ1) is 15.8. The number of fused-ring (bicyclic) bond motifs is 1. The quantitative estimate of drug-likeness (QED) is 0.759. The summed E-state index contributed by atoms with van der Waals surface area (Å²) in [4.78, 5) is 10.6. The number of rotatable bonds is 5. The third-order valence-corrected chi connectivity index (χ3v) is 4.45. The fourth-order valence-electron chi connectivity index (χ4n) is 3.17. The molecule has 0 aliphatic carbocycles. The second-order valence-corrected chi connectivity index (χ2v) is 6.29. The van der Waals surface area contributed by atoms with Crippen LogP contribution in [0.4, 0.5) is 0 Å². The second-order valence-electron chi connectivity index (χ2n) is 6.29. The number of hydrogen-bond acceptors (Lipinski definition) is 6. The number of aromatic nitrogens is 6. The fourth-order valence-corrected chi connectivity index (χ4v) is 3.17. The van der Waals surface area contributed by atoms with Gasteiger partial charge in [-0.3, -0.25) is 19.7 Å². The molecular formula is C17H21N7O. The van der Waals surface area contributed by atoms with E-state index >= 15 is 0 Å². The van der Waals surface area contributed by atoms with Gasteiger partial charge >= 0.3 is 0 Å². The Morgan fingerprint density at radius 2 is 2.28 bits per heavy atom. The molecule has 0 amide bonds. The number of aromatic amines is 1. The van der Waals surface area contributed by atoms with Crippen LogP contribution < -0.4 is 4.74 Å². The van der Waals surface area contributed by atoms with Gasteiger partial charge in [-0.2, -0.15) is 10.2 Å². The van der Waals surface area contributed by atoms with E-state index in [2.05, 4.69) is 47.0 Å². The summed E-state index contributed by atoms with van der Waals surface area (Å²) in [6, 6.07) is 4.41. The molecule has 25 heavy (non-hydrogen) atoms. The second kappa shape index (κ2) is 7.02. The zero-order chi connectivity index (χ0) is 17.1. The van der Waals surface area contributed by atoms with Crippen molar-refractivity contribution >= 4 is 0 Å². The van der Waals surface area contributed by atoms with Gasteiger partial charge in [0.25, 0.3) is 0 Å². The van der Waals surface area contributed by atoms with Crippen molar-refractivity contribution in [2.75, 3.05) is 6.61 Å². The summed E-state index contributed by atoms with van der Waals surface area (Å²) in [5.41, 5.74) is 3.33. The smallest absolute Gasteiger partial charge is 0.232 e. The molecule has 3 aromatic heterocycles. The van der Waals surface area contributed by atoms with Crippen molar-refractivity contribution in [2.45, 2.75) is 39.0 Å². The average Bonchev–Trinajstić information content (AvgIpc) is 3.21. The molecule has 0 saturated carbocycles. The normalized spacial score (nSPS) is 17.9. The first-order valence-electron chi connectivity index (χ1n) is 8.42. The van der Waals surface area contributed by atoms with E-state index in [1.165, 1.54) is 5.69 Å². The highest BCUT2D eigenvalue weighted by molar-refractivity contribution is 5.09. The van der Waals surface area contributed by atoms with Crippen molar-refractivity contribution in [2.24, 2.45) is 0 Å². The lowest BCUT2D eigenvalue weighted by molar-refractivity contribution is 0.114. The first-order valence-corrected chi connectivity index (χ1v) is 8.42. The van der Waals surface area contributed by atoms with Crippen molar-refractivity contribution in [1.82, 2.24) is 34.8 Å². The van der Waals surface area contributed by atoms with Crippen LogP contribution in [0.2, 0.25) is 0 Å². The van der Waals surface area contributed by atoms with E-state index in [-0.39, 0.29) is 6.04 Å². The molecule has 3 aromatic rings. The van der Waals surface area contributed by atoms with E-state index in [9.17, 15) is 0 Å². The van der Waals surface area contributed by atoms with Crippen molar-refractivity contribution in [3.05, 3.63) is 54.0 Å². The molecule has 1 N–H and O–H groups in total. The third-order valence-electron chi connectivity index (χ3n) is 4.45. The molecule has 0 unspecified atom stereocenters. The van der Waals surface area contributed by atoms with Crippen LogP contribution in [-0.4, -0.2) is 47.5 Å². The number of ether oxygens (including phenoxy) is 1. The lowest BCUT2D eigenvalue weighted by atomic mass is 10.1. The van der Waals surface area contributed by atoms with Gasteiger partial charge in [-0.05, 0) is 25.5 Å². The average molecular weight is 339 g/mol.